The van der Waals surface area contributed by atoms with Gasteiger partial charge in [0.15, 0.2) is 5.01 Å². The normalized spacial score (nSPS) is 21.7. The van der Waals surface area contributed by atoms with Crippen LogP contribution in [0.5, 0.6) is 0 Å². The number of aromatic nitrogens is 1. The van der Waals surface area contributed by atoms with Gasteiger partial charge in [-0.25, -0.2) is 4.98 Å². The average molecular weight is 266 g/mol. The molecule has 0 aromatic carbocycles. The molecule has 1 aliphatic heterocycles. The van der Waals surface area contributed by atoms with Crippen molar-refractivity contribution in [2.45, 2.75) is 24.6 Å². The fourth-order valence-corrected chi connectivity index (χ4v) is 2.78. The maximum Gasteiger partial charge on any atom is 0.443 e. The van der Waals surface area contributed by atoms with Gasteiger partial charge >= 0.3 is 6.18 Å². The molecule has 0 bridgehead atoms. The first-order valence-electron chi connectivity index (χ1n) is 5.26. The molecule has 0 atom stereocenters. The molecule has 0 amide bonds. The largest absolute Gasteiger partial charge is 0.443 e. The van der Waals surface area contributed by atoms with Crippen LogP contribution in [-0.4, -0.2) is 35.1 Å². The number of rotatable bonds is 1. The molecule has 7 heteroatoms. The minimum absolute atomic E-state index is 0.318. The molecule has 1 aromatic heterocycles. The first kappa shape index (κ1) is 12.8. The van der Waals surface area contributed by atoms with E-state index < -0.39 is 16.8 Å². The summed E-state index contributed by atoms with van der Waals surface area (Å²) in [6.45, 7) is 1.35. The minimum Gasteiger partial charge on any atom is -0.384 e. The van der Waals surface area contributed by atoms with Crippen LogP contribution in [0.4, 0.5) is 13.2 Å². The smallest absolute Gasteiger partial charge is 0.384 e. The Balaban J connectivity index is 2.20. The Kier molecular flexibility index (Phi) is 3.17. The van der Waals surface area contributed by atoms with Gasteiger partial charge in [-0.2, -0.15) is 13.2 Å². The predicted octanol–water partition coefficient (Wildman–Crippen LogP) is 2.08. The molecule has 1 aliphatic rings. The van der Waals surface area contributed by atoms with Crippen molar-refractivity contribution in [3.05, 3.63) is 16.1 Å². The van der Waals surface area contributed by atoms with Gasteiger partial charge in [-0.15, -0.1) is 11.3 Å². The molecular weight excluding hydrogens is 253 g/mol. The third kappa shape index (κ3) is 2.61. The highest BCUT2D eigenvalue weighted by molar-refractivity contribution is 7.11. The van der Waals surface area contributed by atoms with E-state index in [1.807, 2.05) is 11.9 Å². The molecule has 0 spiro atoms. The lowest BCUT2D eigenvalue weighted by Crippen LogP contribution is -2.40. The quantitative estimate of drug-likeness (QED) is 0.845. The van der Waals surface area contributed by atoms with Crippen LogP contribution in [0.2, 0.25) is 0 Å². The van der Waals surface area contributed by atoms with E-state index in [4.69, 9.17) is 0 Å². The van der Waals surface area contributed by atoms with E-state index in [0.717, 1.165) is 6.20 Å². The van der Waals surface area contributed by atoms with Crippen molar-refractivity contribution < 1.29 is 18.3 Å². The highest BCUT2D eigenvalue weighted by Crippen LogP contribution is 2.39. The minimum atomic E-state index is -4.43. The van der Waals surface area contributed by atoms with E-state index in [1.54, 1.807) is 0 Å². The van der Waals surface area contributed by atoms with E-state index in [0.29, 0.717) is 42.1 Å². The van der Waals surface area contributed by atoms with Gasteiger partial charge in [0.25, 0.3) is 0 Å². The summed E-state index contributed by atoms with van der Waals surface area (Å²) in [7, 11) is 1.92. The summed E-state index contributed by atoms with van der Waals surface area (Å²) in [5.74, 6) is 0. The first-order chi connectivity index (χ1) is 7.81. The summed E-state index contributed by atoms with van der Waals surface area (Å²) in [6.07, 6.45) is -2.38. The van der Waals surface area contributed by atoms with Gasteiger partial charge in [0.1, 0.15) is 5.60 Å². The van der Waals surface area contributed by atoms with Crippen LogP contribution in [0.25, 0.3) is 0 Å². The van der Waals surface area contributed by atoms with Gasteiger partial charge in [-0.3, -0.25) is 0 Å². The summed E-state index contributed by atoms with van der Waals surface area (Å²) in [5, 5.41) is 9.43. The highest BCUT2D eigenvalue weighted by Gasteiger charge is 2.39. The number of piperidine rings is 1. The lowest BCUT2D eigenvalue weighted by molar-refractivity contribution is -0.137. The summed E-state index contributed by atoms with van der Waals surface area (Å²) in [5.41, 5.74) is -1.15. The van der Waals surface area contributed by atoms with Crippen LogP contribution in [-0.2, 0) is 11.8 Å². The number of alkyl halides is 3. The number of aliphatic hydroxyl groups is 1. The van der Waals surface area contributed by atoms with E-state index in [2.05, 4.69) is 4.98 Å². The molecule has 96 valence electrons. The first-order valence-corrected chi connectivity index (χ1v) is 6.07. The van der Waals surface area contributed by atoms with Crippen molar-refractivity contribution in [1.82, 2.24) is 9.88 Å². The van der Waals surface area contributed by atoms with Gasteiger partial charge < -0.3 is 10.0 Å². The highest BCUT2D eigenvalue weighted by atomic mass is 32.1. The van der Waals surface area contributed by atoms with Gasteiger partial charge in [0.2, 0.25) is 0 Å². The molecule has 2 heterocycles. The second-order valence-corrected chi connectivity index (χ2v) is 5.39. The third-order valence-corrected chi connectivity index (χ3v) is 4.26. The lowest BCUT2D eigenvalue weighted by atomic mass is 9.91. The molecule has 1 saturated heterocycles. The second kappa shape index (κ2) is 4.22. The van der Waals surface area contributed by atoms with Gasteiger partial charge in [0.05, 0.1) is 4.88 Å². The predicted molar refractivity (Wildman–Crippen MR) is 57.7 cm³/mol. The average Bonchev–Trinajstić information content (AvgIpc) is 2.72. The summed E-state index contributed by atoms with van der Waals surface area (Å²) >= 11 is 0.542. The number of thiazole rings is 1. The fourth-order valence-electron chi connectivity index (χ4n) is 1.86. The SMILES string of the molecule is CN1CCC(O)(c2cnc(C(F)(F)F)s2)CC1. The van der Waals surface area contributed by atoms with Crippen molar-refractivity contribution in [3.63, 3.8) is 0 Å². The topological polar surface area (TPSA) is 36.4 Å². The van der Waals surface area contributed by atoms with Crippen LogP contribution in [0.15, 0.2) is 6.20 Å². The van der Waals surface area contributed by atoms with Crippen LogP contribution in [0.1, 0.15) is 22.7 Å². The summed E-state index contributed by atoms with van der Waals surface area (Å²) in [6, 6.07) is 0. The zero-order valence-electron chi connectivity index (χ0n) is 9.29. The van der Waals surface area contributed by atoms with Crippen LogP contribution >= 0.6 is 11.3 Å². The number of hydrogen-bond acceptors (Lipinski definition) is 4. The number of halogens is 3. The molecule has 1 fully saturated rings. The summed E-state index contributed by atoms with van der Waals surface area (Å²) < 4.78 is 37.2. The maximum absolute atomic E-state index is 12.4. The van der Waals surface area contributed by atoms with E-state index in [1.165, 1.54) is 0 Å². The Hall–Kier alpha value is -0.660. The number of hydrogen-bond donors (Lipinski definition) is 1. The molecule has 0 aliphatic carbocycles. The molecule has 1 aromatic rings. The molecule has 2 rings (SSSR count). The molecule has 17 heavy (non-hydrogen) atoms. The second-order valence-electron chi connectivity index (χ2n) is 4.36. The Morgan fingerprint density at radius 1 is 1.41 bits per heavy atom. The van der Waals surface area contributed by atoms with Gasteiger partial charge in [-0.1, -0.05) is 0 Å². The molecule has 3 nitrogen and oxygen atoms in total. The van der Waals surface area contributed by atoms with Crippen molar-refractivity contribution in [2.24, 2.45) is 0 Å². The summed E-state index contributed by atoms with van der Waals surface area (Å²) in [4.78, 5) is 5.71. The zero-order valence-corrected chi connectivity index (χ0v) is 10.1. The Morgan fingerprint density at radius 3 is 2.47 bits per heavy atom. The van der Waals surface area contributed by atoms with Crippen LogP contribution in [0, 0.1) is 0 Å². The Morgan fingerprint density at radius 2 is 2.00 bits per heavy atom. The van der Waals surface area contributed by atoms with Crippen molar-refractivity contribution in [1.29, 1.82) is 0 Å². The van der Waals surface area contributed by atoms with E-state index >= 15 is 0 Å². The van der Waals surface area contributed by atoms with Gasteiger partial charge in [0, 0.05) is 19.3 Å². The maximum atomic E-state index is 12.4. The van der Waals surface area contributed by atoms with E-state index in [-0.39, 0.29) is 0 Å². The number of likely N-dealkylation sites (tertiary alicyclic amines) is 1. The van der Waals surface area contributed by atoms with Crippen molar-refractivity contribution >= 4 is 11.3 Å². The monoisotopic (exact) mass is 266 g/mol. The lowest BCUT2D eigenvalue weighted by Gasteiger charge is -2.35. The van der Waals surface area contributed by atoms with Crippen LogP contribution in [0.3, 0.4) is 0 Å². The van der Waals surface area contributed by atoms with Crippen LogP contribution < -0.4 is 0 Å². The Bertz CT molecular complexity index is 397. The fraction of sp³-hybridized carbons (Fsp3) is 0.700. The zero-order chi connectivity index (χ0) is 12.7. The van der Waals surface area contributed by atoms with Crippen molar-refractivity contribution in [2.75, 3.05) is 20.1 Å². The Labute approximate surface area is 101 Å². The molecular formula is C10H13F3N2OS. The molecule has 1 N–H and O–H groups in total. The molecule has 0 radical (unpaired) electrons. The van der Waals surface area contributed by atoms with Crippen molar-refractivity contribution in [3.8, 4) is 0 Å². The number of nitrogens with zero attached hydrogens (tertiary/aromatic N) is 2. The van der Waals surface area contributed by atoms with E-state index in [9.17, 15) is 18.3 Å². The molecule has 0 unspecified atom stereocenters. The van der Waals surface area contributed by atoms with Gasteiger partial charge in [-0.05, 0) is 19.9 Å². The molecule has 0 saturated carbocycles. The standard InChI is InChI=1S/C10H13F3N2OS/c1-15-4-2-9(16,3-5-15)7-6-14-8(17-7)10(11,12)13/h6,16H,2-5H2,1H3. The third-order valence-electron chi connectivity index (χ3n) is 3.02.